The number of hydrogen-bond acceptors (Lipinski definition) is 2. The van der Waals surface area contributed by atoms with Gasteiger partial charge in [-0.1, -0.05) is 54.6 Å². The summed E-state index contributed by atoms with van der Waals surface area (Å²) in [6.07, 6.45) is -4.54. The van der Waals surface area contributed by atoms with Crippen LogP contribution >= 0.6 is 25.3 Å². The third-order valence-electron chi connectivity index (χ3n) is 4.23. The molecule has 0 nitrogen and oxygen atoms in total. The molecule has 0 amide bonds. The van der Waals surface area contributed by atoms with Gasteiger partial charge in [-0.25, -0.2) is 0 Å². The van der Waals surface area contributed by atoms with E-state index in [0.717, 1.165) is 0 Å². The average Bonchev–Trinajstić information content (AvgIpc) is 2.58. The van der Waals surface area contributed by atoms with Crippen molar-refractivity contribution in [1.82, 2.24) is 0 Å². The minimum Gasteiger partial charge on any atom is -0.169 e. The molecule has 0 aromatic heterocycles. The second-order valence-corrected chi connectivity index (χ2v) is 6.74. The highest BCUT2D eigenvalue weighted by Gasteiger charge is 2.58. The van der Waals surface area contributed by atoms with Crippen LogP contribution in [0.4, 0.5) is 13.2 Å². The fourth-order valence-electron chi connectivity index (χ4n) is 3.10. The molecule has 0 aliphatic carbocycles. The molecular weight excluding hydrogens is 361 g/mol. The zero-order valence-electron chi connectivity index (χ0n) is 13.0. The van der Waals surface area contributed by atoms with Crippen LogP contribution in [0.15, 0.2) is 88.7 Å². The van der Waals surface area contributed by atoms with Gasteiger partial charge in [0, 0.05) is 9.79 Å². The summed E-state index contributed by atoms with van der Waals surface area (Å²) in [6, 6.07) is 20.2. The quantitative estimate of drug-likeness (QED) is 0.397. The van der Waals surface area contributed by atoms with Crippen LogP contribution in [-0.4, -0.2) is 6.18 Å². The van der Waals surface area contributed by atoms with Crippen molar-refractivity contribution in [2.45, 2.75) is 21.4 Å². The Morgan fingerprint density at radius 2 is 0.880 bits per heavy atom. The van der Waals surface area contributed by atoms with Gasteiger partial charge in [0.05, 0.1) is 0 Å². The Balaban J connectivity index is 2.40. The van der Waals surface area contributed by atoms with Gasteiger partial charge >= 0.3 is 6.18 Å². The molecule has 0 fully saturated rings. The van der Waals surface area contributed by atoms with E-state index in [4.69, 9.17) is 0 Å². The summed E-state index contributed by atoms with van der Waals surface area (Å²) in [4.78, 5) is 1.22. The molecule has 3 aromatic rings. The molecule has 0 radical (unpaired) electrons. The van der Waals surface area contributed by atoms with Crippen LogP contribution < -0.4 is 0 Å². The zero-order chi connectivity index (χ0) is 18.1. The van der Waals surface area contributed by atoms with Crippen LogP contribution in [0.1, 0.15) is 16.7 Å². The maximum absolute atomic E-state index is 14.6. The summed E-state index contributed by atoms with van der Waals surface area (Å²) < 4.78 is 43.8. The molecule has 0 N–H and O–H groups in total. The fourth-order valence-corrected chi connectivity index (χ4v) is 3.40. The second kappa shape index (κ2) is 6.81. The highest BCUT2D eigenvalue weighted by Crippen LogP contribution is 2.51. The molecular formula is C20H15F3S2. The first kappa shape index (κ1) is 18.0. The van der Waals surface area contributed by atoms with E-state index in [1.807, 2.05) is 0 Å². The number of alkyl halides is 3. The van der Waals surface area contributed by atoms with Gasteiger partial charge in [-0.15, -0.1) is 25.3 Å². The summed E-state index contributed by atoms with van der Waals surface area (Å²) in [5.74, 6) is 0. The van der Waals surface area contributed by atoms with Crippen molar-refractivity contribution in [2.75, 3.05) is 0 Å². The first-order valence-corrected chi connectivity index (χ1v) is 8.46. The zero-order valence-corrected chi connectivity index (χ0v) is 14.8. The lowest BCUT2D eigenvalue weighted by molar-refractivity contribution is -0.166. The second-order valence-electron chi connectivity index (χ2n) is 5.71. The van der Waals surface area contributed by atoms with E-state index in [1.165, 1.54) is 36.4 Å². The molecule has 25 heavy (non-hydrogen) atoms. The monoisotopic (exact) mass is 376 g/mol. The van der Waals surface area contributed by atoms with Crippen molar-refractivity contribution in [3.05, 3.63) is 95.6 Å². The van der Waals surface area contributed by atoms with Crippen molar-refractivity contribution >= 4 is 25.3 Å². The summed E-state index contributed by atoms with van der Waals surface area (Å²) in [5, 5.41) is 0. The molecule has 0 bridgehead atoms. The minimum atomic E-state index is -4.54. The fraction of sp³-hybridized carbons (Fsp3) is 0.100. The first-order chi connectivity index (χ1) is 11.9. The van der Waals surface area contributed by atoms with Gasteiger partial charge in [-0.05, 0) is 41.0 Å². The summed E-state index contributed by atoms with van der Waals surface area (Å²) in [5.41, 5.74) is -1.80. The van der Waals surface area contributed by atoms with E-state index in [-0.39, 0.29) is 16.7 Å². The van der Waals surface area contributed by atoms with Gasteiger partial charge in [-0.3, -0.25) is 0 Å². The Morgan fingerprint density at radius 3 is 1.24 bits per heavy atom. The summed E-state index contributed by atoms with van der Waals surface area (Å²) in [7, 11) is 0. The van der Waals surface area contributed by atoms with Crippen LogP contribution in [0, 0.1) is 0 Å². The van der Waals surface area contributed by atoms with Gasteiger partial charge < -0.3 is 0 Å². The maximum atomic E-state index is 14.6. The lowest BCUT2D eigenvalue weighted by Gasteiger charge is -2.37. The van der Waals surface area contributed by atoms with Crippen LogP contribution in [-0.2, 0) is 5.41 Å². The minimum absolute atomic E-state index is 0.149. The van der Waals surface area contributed by atoms with E-state index in [0.29, 0.717) is 9.79 Å². The Hall–Kier alpha value is -1.85. The number of halogens is 3. The summed E-state index contributed by atoms with van der Waals surface area (Å²) in [6.45, 7) is 0. The molecule has 0 saturated carbocycles. The van der Waals surface area contributed by atoms with Gasteiger partial charge in [0.25, 0.3) is 0 Å². The molecule has 0 aliphatic heterocycles. The molecule has 128 valence electrons. The van der Waals surface area contributed by atoms with E-state index >= 15 is 0 Å². The van der Waals surface area contributed by atoms with Crippen LogP contribution in [0.2, 0.25) is 0 Å². The summed E-state index contributed by atoms with van der Waals surface area (Å²) >= 11 is 8.39. The first-order valence-electron chi connectivity index (χ1n) is 7.57. The Labute approximate surface area is 155 Å². The molecule has 0 atom stereocenters. The van der Waals surface area contributed by atoms with Gasteiger partial charge in [0.15, 0.2) is 0 Å². The Kier molecular flexibility index (Phi) is 4.89. The largest absolute Gasteiger partial charge is 0.406 e. The van der Waals surface area contributed by atoms with E-state index in [1.54, 1.807) is 42.5 Å². The normalized spacial score (nSPS) is 12.2. The van der Waals surface area contributed by atoms with E-state index in [2.05, 4.69) is 25.3 Å². The third-order valence-corrected chi connectivity index (χ3v) is 4.83. The van der Waals surface area contributed by atoms with Crippen molar-refractivity contribution < 1.29 is 13.2 Å². The molecule has 0 saturated heterocycles. The van der Waals surface area contributed by atoms with Crippen molar-refractivity contribution in [3.63, 3.8) is 0 Å². The maximum Gasteiger partial charge on any atom is 0.406 e. The highest BCUT2D eigenvalue weighted by atomic mass is 32.1. The molecule has 0 heterocycles. The number of thiol groups is 2. The lowest BCUT2D eigenvalue weighted by Crippen LogP contribution is -2.44. The van der Waals surface area contributed by atoms with Crippen molar-refractivity contribution in [1.29, 1.82) is 0 Å². The van der Waals surface area contributed by atoms with E-state index < -0.39 is 11.6 Å². The number of hydrogen-bond donors (Lipinski definition) is 2. The van der Waals surface area contributed by atoms with Crippen LogP contribution in [0.25, 0.3) is 0 Å². The Bertz CT molecular complexity index is 793. The van der Waals surface area contributed by atoms with Gasteiger partial charge in [0.2, 0.25) is 0 Å². The molecule has 3 rings (SSSR count). The van der Waals surface area contributed by atoms with Crippen LogP contribution in [0.5, 0.6) is 0 Å². The van der Waals surface area contributed by atoms with Crippen molar-refractivity contribution in [2.24, 2.45) is 0 Å². The lowest BCUT2D eigenvalue weighted by atomic mass is 9.69. The Morgan fingerprint density at radius 1 is 0.520 bits per heavy atom. The van der Waals surface area contributed by atoms with Gasteiger partial charge in [0.1, 0.15) is 5.41 Å². The smallest absolute Gasteiger partial charge is 0.169 e. The van der Waals surface area contributed by atoms with E-state index in [9.17, 15) is 13.2 Å². The molecule has 0 spiro atoms. The number of rotatable bonds is 3. The predicted octanol–water partition coefficient (Wildman–Crippen LogP) is 6.16. The highest BCUT2D eigenvalue weighted by molar-refractivity contribution is 7.80. The van der Waals surface area contributed by atoms with Gasteiger partial charge in [-0.2, -0.15) is 13.2 Å². The molecule has 3 aromatic carbocycles. The topological polar surface area (TPSA) is 0 Å². The third kappa shape index (κ3) is 3.18. The molecule has 0 aliphatic rings. The van der Waals surface area contributed by atoms with Crippen LogP contribution in [0.3, 0.4) is 0 Å². The number of benzene rings is 3. The molecule has 5 heteroatoms. The predicted molar refractivity (Wildman–Crippen MR) is 99.8 cm³/mol. The standard InChI is InChI=1S/C20H15F3S2/c21-20(22,23)19(14-4-2-1-3-5-14,15-6-10-17(24)11-7-15)16-8-12-18(25)13-9-16/h1-13,24-25H. The SMILES string of the molecule is FC(F)(F)C(c1ccccc1)(c1ccc(S)cc1)c1ccc(S)cc1. The molecule has 0 unspecified atom stereocenters. The average molecular weight is 376 g/mol. The van der Waals surface area contributed by atoms with Crippen molar-refractivity contribution in [3.8, 4) is 0 Å².